The van der Waals surface area contributed by atoms with Crippen molar-refractivity contribution in [3.63, 3.8) is 0 Å². The van der Waals surface area contributed by atoms with Crippen LogP contribution >= 0.6 is 0 Å². The zero-order valence-corrected chi connectivity index (χ0v) is 12.6. The molecule has 0 aromatic heterocycles. The van der Waals surface area contributed by atoms with Crippen LogP contribution in [-0.4, -0.2) is 28.8 Å². The molecule has 21 heavy (non-hydrogen) atoms. The second-order valence-corrected chi connectivity index (χ2v) is 5.48. The molecule has 2 N–H and O–H groups in total. The summed E-state index contributed by atoms with van der Waals surface area (Å²) in [6.07, 6.45) is 1.17. The summed E-state index contributed by atoms with van der Waals surface area (Å²) in [6, 6.07) is 7.96. The molecule has 0 spiro atoms. The fraction of sp³-hybridized carbons (Fsp3) is 0.438. The third kappa shape index (κ3) is 4.15. The van der Waals surface area contributed by atoms with Gasteiger partial charge in [-0.1, -0.05) is 43.7 Å². The van der Waals surface area contributed by atoms with E-state index in [1.54, 1.807) is 30.3 Å². The van der Waals surface area contributed by atoms with Crippen LogP contribution in [0.25, 0.3) is 0 Å². The molecule has 114 valence electrons. The molecule has 0 heterocycles. The predicted molar refractivity (Wildman–Crippen MR) is 79.0 cm³/mol. The zero-order chi connectivity index (χ0) is 16.0. The van der Waals surface area contributed by atoms with E-state index in [-0.39, 0.29) is 5.78 Å². The number of carbonyl (C=O) groups is 3. The number of carboxylic acid groups (broad SMARTS) is 1. The Morgan fingerprint density at radius 3 is 2.24 bits per heavy atom. The molecule has 1 aromatic carbocycles. The van der Waals surface area contributed by atoms with Gasteiger partial charge in [-0.15, -0.1) is 0 Å². The van der Waals surface area contributed by atoms with E-state index in [2.05, 4.69) is 5.32 Å². The molecule has 5 nitrogen and oxygen atoms in total. The van der Waals surface area contributed by atoms with E-state index in [0.717, 1.165) is 0 Å². The number of benzene rings is 1. The van der Waals surface area contributed by atoms with E-state index >= 15 is 0 Å². The SMILES string of the molecule is CCCC(NC(=O)C(C)(C)C(=O)O)C(=O)c1ccccc1. The first-order chi connectivity index (χ1) is 9.80. The summed E-state index contributed by atoms with van der Waals surface area (Å²) in [5.74, 6) is -2.08. The number of nitrogens with one attached hydrogen (secondary N) is 1. The van der Waals surface area contributed by atoms with E-state index in [0.29, 0.717) is 18.4 Å². The van der Waals surface area contributed by atoms with Gasteiger partial charge in [-0.25, -0.2) is 0 Å². The van der Waals surface area contributed by atoms with Crippen molar-refractivity contribution in [2.24, 2.45) is 5.41 Å². The van der Waals surface area contributed by atoms with Crippen LogP contribution in [0.15, 0.2) is 30.3 Å². The van der Waals surface area contributed by atoms with Crippen LogP contribution in [0.3, 0.4) is 0 Å². The first kappa shape index (κ1) is 16.9. The van der Waals surface area contributed by atoms with Crippen LogP contribution < -0.4 is 5.32 Å². The van der Waals surface area contributed by atoms with Gasteiger partial charge in [0.05, 0.1) is 6.04 Å². The molecule has 0 saturated heterocycles. The minimum Gasteiger partial charge on any atom is -0.480 e. The highest BCUT2D eigenvalue weighted by Crippen LogP contribution is 2.17. The monoisotopic (exact) mass is 291 g/mol. The van der Waals surface area contributed by atoms with Crippen LogP contribution in [0.2, 0.25) is 0 Å². The Balaban J connectivity index is 2.91. The van der Waals surface area contributed by atoms with Gasteiger partial charge in [0.2, 0.25) is 5.91 Å². The van der Waals surface area contributed by atoms with Gasteiger partial charge >= 0.3 is 5.97 Å². The zero-order valence-electron chi connectivity index (χ0n) is 12.6. The second-order valence-electron chi connectivity index (χ2n) is 5.48. The first-order valence-electron chi connectivity index (χ1n) is 6.94. The molecule has 0 aliphatic carbocycles. The molecule has 0 fully saturated rings. The van der Waals surface area contributed by atoms with Gasteiger partial charge in [-0.2, -0.15) is 0 Å². The lowest BCUT2D eigenvalue weighted by atomic mass is 9.91. The molecule has 0 radical (unpaired) electrons. The number of hydrogen-bond acceptors (Lipinski definition) is 3. The first-order valence-corrected chi connectivity index (χ1v) is 6.94. The fourth-order valence-corrected chi connectivity index (χ4v) is 1.80. The Labute approximate surface area is 124 Å². The molecule has 1 aromatic rings. The van der Waals surface area contributed by atoms with Crippen LogP contribution in [0, 0.1) is 5.41 Å². The van der Waals surface area contributed by atoms with Crippen LogP contribution in [-0.2, 0) is 9.59 Å². The maximum absolute atomic E-state index is 12.4. The highest BCUT2D eigenvalue weighted by atomic mass is 16.4. The Hall–Kier alpha value is -2.17. The molecule has 1 rings (SSSR count). The van der Waals surface area contributed by atoms with Gasteiger partial charge in [0.15, 0.2) is 5.78 Å². The van der Waals surface area contributed by atoms with E-state index in [9.17, 15) is 14.4 Å². The average molecular weight is 291 g/mol. The van der Waals surface area contributed by atoms with Crippen molar-refractivity contribution >= 4 is 17.7 Å². The number of carboxylic acids is 1. The van der Waals surface area contributed by atoms with Crippen molar-refractivity contribution in [3.05, 3.63) is 35.9 Å². The molecule has 1 unspecified atom stereocenters. The molecular weight excluding hydrogens is 270 g/mol. The Morgan fingerprint density at radius 2 is 1.76 bits per heavy atom. The quantitative estimate of drug-likeness (QED) is 0.596. The summed E-state index contributed by atoms with van der Waals surface area (Å²) >= 11 is 0. The van der Waals surface area contributed by atoms with Crippen molar-refractivity contribution in [2.75, 3.05) is 0 Å². The molecule has 0 bridgehead atoms. The summed E-state index contributed by atoms with van der Waals surface area (Å²) in [6.45, 7) is 4.54. The fourth-order valence-electron chi connectivity index (χ4n) is 1.80. The maximum atomic E-state index is 12.4. The Morgan fingerprint density at radius 1 is 1.19 bits per heavy atom. The van der Waals surface area contributed by atoms with Crippen molar-refractivity contribution in [1.82, 2.24) is 5.32 Å². The van der Waals surface area contributed by atoms with E-state index in [1.165, 1.54) is 13.8 Å². The number of carbonyl (C=O) groups excluding carboxylic acids is 2. The van der Waals surface area contributed by atoms with E-state index in [1.807, 2.05) is 6.92 Å². The van der Waals surface area contributed by atoms with E-state index in [4.69, 9.17) is 5.11 Å². The molecule has 0 saturated carbocycles. The third-order valence-corrected chi connectivity index (χ3v) is 3.36. The summed E-state index contributed by atoms with van der Waals surface area (Å²) in [4.78, 5) is 35.6. The standard InChI is InChI=1S/C16H21NO4/c1-4-8-12(13(18)11-9-6-5-7-10-11)17-14(19)16(2,3)15(20)21/h5-7,9-10,12H,4,8H2,1-3H3,(H,17,19)(H,20,21). The lowest BCUT2D eigenvalue weighted by Crippen LogP contribution is -2.49. The summed E-state index contributed by atoms with van der Waals surface area (Å²) in [5, 5.41) is 11.6. The van der Waals surface area contributed by atoms with Crippen LogP contribution in [0.4, 0.5) is 0 Å². The highest BCUT2D eigenvalue weighted by molar-refractivity contribution is 6.05. The normalized spacial score (nSPS) is 12.5. The molecular formula is C16H21NO4. The van der Waals surface area contributed by atoms with E-state index < -0.39 is 23.3 Å². The molecule has 0 aliphatic heterocycles. The predicted octanol–water partition coefficient (Wildman–Crippen LogP) is 2.27. The maximum Gasteiger partial charge on any atom is 0.318 e. The molecule has 0 aliphatic rings. The second kappa shape index (κ2) is 7.02. The number of ketones is 1. The summed E-state index contributed by atoms with van der Waals surface area (Å²) in [7, 11) is 0. The number of rotatable bonds is 7. The van der Waals surface area contributed by atoms with Gasteiger partial charge in [0.25, 0.3) is 0 Å². The number of hydrogen-bond donors (Lipinski definition) is 2. The molecule has 5 heteroatoms. The average Bonchev–Trinajstić information content (AvgIpc) is 2.46. The summed E-state index contributed by atoms with van der Waals surface area (Å²) < 4.78 is 0. The molecule has 1 amide bonds. The number of amides is 1. The van der Waals surface area contributed by atoms with Gasteiger partial charge in [-0.3, -0.25) is 14.4 Å². The lowest BCUT2D eigenvalue weighted by molar-refractivity contribution is -0.153. The highest BCUT2D eigenvalue weighted by Gasteiger charge is 2.37. The largest absolute Gasteiger partial charge is 0.480 e. The smallest absolute Gasteiger partial charge is 0.318 e. The van der Waals surface area contributed by atoms with Gasteiger partial charge in [0, 0.05) is 5.56 Å². The van der Waals surface area contributed by atoms with Crippen LogP contribution in [0.5, 0.6) is 0 Å². The Kier molecular flexibility index (Phi) is 5.64. The minimum absolute atomic E-state index is 0.202. The van der Waals surface area contributed by atoms with Gasteiger partial charge in [0.1, 0.15) is 5.41 Å². The van der Waals surface area contributed by atoms with Crippen LogP contribution in [0.1, 0.15) is 44.0 Å². The van der Waals surface area contributed by atoms with Crippen molar-refractivity contribution in [2.45, 2.75) is 39.7 Å². The van der Waals surface area contributed by atoms with Gasteiger partial charge < -0.3 is 10.4 Å². The van der Waals surface area contributed by atoms with Crippen molar-refractivity contribution in [3.8, 4) is 0 Å². The summed E-state index contributed by atoms with van der Waals surface area (Å²) in [5.41, 5.74) is -1.06. The third-order valence-electron chi connectivity index (χ3n) is 3.36. The van der Waals surface area contributed by atoms with Crippen molar-refractivity contribution < 1.29 is 19.5 Å². The Bertz CT molecular complexity index is 522. The minimum atomic E-state index is -1.57. The van der Waals surface area contributed by atoms with Crippen molar-refractivity contribution in [1.29, 1.82) is 0 Å². The topological polar surface area (TPSA) is 83.5 Å². The van der Waals surface area contributed by atoms with Gasteiger partial charge in [-0.05, 0) is 20.3 Å². The lowest BCUT2D eigenvalue weighted by Gasteiger charge is -2.23. The number of aliphatic carboxylic acids is 1. The molecule has 1 atom stereocenters. The number of Topliss-reactive ketones (excluding diaryl/α,β-unsaturated/α-hetero) is 1.